The number of aromatic nitrogens is 2. The summed E-state index contributed by atoms with van der Waals surface area (Å²) in [5.41, 5.74) is 1.88. The highest BCUT2D eigenvalue weighted by Crippen LogP contribution is 2.31. The molecule has 0 unspecified atom stereocenters. The van der Waals surface area contributed by atoms with Crippen LogP contribution >= 0.6 is 0 Å². The number of amides is 1. The van der Waals surface area contributed by atoms with Crippen molar-refractivity contribution in [1.29, 1.82) is 0 Å². The van der Waals surface area contributed by atoms with E-state index in [4.69, 9.17) is 9.15 Å². The van der Waals surface area contributed by atoms with Crippen LogP contribution in [0.15, 0.2) is 46.9 Å². The summed E-state index contributed by atoms with van der Waals surface area (Å²) in [6.07, 6.45) is -2.91. The molecule has 180 valence electrons. The van der Waals surface area contributed by atoms with Crippen LogP contribution in [0.4, 0.5) is 23.2 Å². The van der Waals surface area contributed by atoms with E-state index < -0.39 is 17.9 Å². The van der Waals surface area contributed by atoms with E-state index in [1.54, 1.807) is 31.2 Å². The lowest BCUT2D eigenvalue weighted by atomic mass is 9.95. The smallest absolute Gasteiger partial charge is 0.413 e. The van der Waals surface area contributed by atoms with E-state index in [1.807, 2.05) is 0 Å². The number of halogens is 4. The maximum atomic E-state index is 14.8. The van der Waals surface area contributed by atoms with Gasteiger partial charge in [-0.05, 0) is 61.1 Å². The molecule has 4 rings (SSSR count). The normalized spacial score (nSPS) is 14.9. The van der Waals surface area contributed by atoms with Crippen molar-refractivity contribution in [2.75, 3.05) is 18.1 Å². The first kappa shape index (κ1) is 23.9. The highest BCUT2D eigenvalue weighted by Gasteiger charge is 2.38. The Morgan fingerprint density at radius 1 is 1.09 bits per heavy atom. The Bertz CT molecular complexity index is 1140. The number of hydrogen-bond acceptors (Lipinski definition) is 5. The molecule has 0 spiro atoms. The fraction of sp³-hybridized carbons (Fsp3) is 0.375. The van der Waals surface area contributed by atoms with Crippen molar-refractivity contribution in [3.05, 3.63) is 65.3 Å². The highest BCUT2D eigenvalue weighted by atomic mass is 19.4. The number of benzene rings is 2. The summed E-state index contributed by atoms with van der Waals surface area (Å²) in [5, 5.41) is 6.47. The van der Waals surface area contributed by atoms with Gasteiger partial charge in [-0.15, -0.1) is 10.2 Å². The van der Waals surface area contributed by atoms with Crippen LogP contribution in [0.2, 0.25) is 0 Å². The van der Waals surface area contributed by atoms with E-state index in [9.17, 15) is 22.4 Å². The van der Waals surface area contributed by atoms with Gasteiger partial charge in [-0.2, -0.15) is 13.2 Å². The number of rotatable bonds is 6. The number of nitrogens with zero attached hydrogens (tertiary/aromatic N) is 3. The highest BCUT2D eigenvalue weighted by molar-refractivity contribution is 5.93. The Hall–Kier alpha value is -3.27. The van der Waals surface area contributed by atoms with Gasteiger partial charge in [0.15, 0.2) is 0 Å². The standard InChI is InChI=1S/C24H23F4N3O3/c1-15-2-7-20(19(25)12-15)31(21(32)13-16-8-10-33-11-9-16)14-17-3-5-18(6-4-17)22-29-30-23(34-22)24(26,27)28/h2-7,12,16H,8-11,13-14H2,1H3. The summed E-state index contributed by atoms with van der Waals surface area (Å²) in [7, 11) is 0. The van der Waals surface area contributed by atoms with Crippen LogP contribution in [-0.2, 0) is 22.3 Å². The van der Waals surface area contributed by atoms with E-state index in [0.717, 1.165) is 18.4 Å². The van der Waals surface area contributed by atoms with E-state index in [0.29, 0.717) is 24.3 Å². The summed E-state index contributed by atoms with van der Waals surface area (Å²) in [4.78, 5) is 14.6. The van der Waals surface area contributed by atoms with E-state index >= 15 is 0 Å². The number of carbonyl (C=O) groups excluding carboxylic acids is 1. The molecule has 2 heterocycles. The van der Waals surface area contributed by atoms with Gasteiger partial charge in [0.25, 0.3) is 0 Å². The van der Waals surface area contributed by atoms with Gasteiger partial charge in [0.05, 0.1) is 12.2 Å². The van der Waals surface area contributed by atoms with E-state index in [1.165, 1.54) is 23.1 Å². The largest absolute Gasteiger partial charge is 0.470 e. The Balaban J connectivity index is 1.55. The number of alkyl halides is 3. The summed E-state index contributed by atoms with van der Waals surface area (Å²) in [5.74, 6) is -2.23. The lowest BCUT2D eigenvalue weighted by molar-refractivity contribution is -0.157. The quantitative estimate of drug-likeness (QED) is 0.436. The lowest BCUT2D eigenvalue weighted by Gasteiger charge is -2.27. The second-order valence-electron chi connectivity index (χ2n) is 8.30. The fourth-order valence-corrected chi connectivity index (χ4v) is 3.84. The van der Waals surface area contributed by atoms with Gasteiger partial charge < -0.3 is 14.1 Å². The van der Waals surface area contributed by atoms with Crippen LogP contribution in [-0.4, -0.2) is 29.3 Å². The van der Waals surface area contributed by atoms with Gasteiger partial charge in [-0.25, -0.2) is 4.39 Å². The Morgan fingerprint density at radius 2 is 1.79 bits per heavy atom. The van der Waals surface area contributed by atoms with Crippen LogP contribution < -0.4 is 4.90 Å². The van der Waals surface area contributed by atoms with Crippen molar-refractivity contribution in [3.8, 4) is 11.5 Å². The molecule has 0 radical (unpaired) electrons. The van der Waals surface area contributed by atoms with Crippen LogP contribution in [0.1, 0.15) is 36.3 Å². The second-order valence-corrected chi connectivity index (χ2v) is 8.30. The zero-order chi connectivity index (χ0) is 24.3. The van der Waals surface area contributed by atoms with Gasteiger partial charge in [-0.1, -0.05) is 18.2 Å². The minimum absolute atomic E-state index is 0.0972. The maximum absolute atomic E-state index is 14.8. The minimum atomic E-state index is -4.73. The zero-order valence-corrected chi connectivity index (χ0v) is 18.4. The molecular formula is C24H23F4N3O3. The van der Waals surface area contributed by atoms with Gasteiger partial charge in [-0.3, -0.25) is 4.79 Å². The Morgan fingerprint density at radius 3 is 2.41 bits per heavy atom. The summed E-state index contributed by atoms with van der Waals surface area (Å²) >= 11 is 0. The predicted molar refractivity (Wildman–Crippen MR) is 115 cm³/mol. The molecule has 0 bridgehead atoms. The number of carbonyl (C=O) groups is 1. The predicted octanol–water partition coefficient (Wildman–Crippen LogP) is 5.55. The van der Waals surface area contributed by atoms with Crippen LogP contribution in [0.3, 0.4) is 0 Å². The van der Waals surface area contributed by atoms with Gasteiger partial charge in [0.1, 0.15) is 5.82 Å². The van der Waals surface area contributed by atoms with E-state index in [2.05, 4.69) is 10.2 Å². The molecule has 10 heteroatoms. The molecule has 1 amide bonds. The first-order valence-corrected chi connectivity index (χ1v) is 10.8. The van der Waals surface area contributed by atoms with Gasteiger partial charge in [0, 0.05) is 25.2 Å². The fourth-order valence-electron chi connectivity index (χ4n) is 3.84. The molecule has 3 aromatic rings. The third kappa shape index (κ3) is 5.61. The zero-order valence-electron chi connectivity index (χ0n) is 18.4. The molecule has 1 aliphatic heterocycles. The number of ether oxygens (including phenoxy) is 1. The molecule has 1 fully saturated rings. The second kappa shape index (κ2) is 9.92. The van der Waals surface area contributed by atoms with Crippen molar-refractivity contribution in [1.82, 2.24) is 10.2 Å². The van der Waals surface area contributed by atoms with Gasteiger partial charge in [0.2, 0.25) is 11.8 Å². The molecule has 34 heavy (non-hydrogen) atoms. The molecule has 0 saturated carbocycles. The molecule has 0 aliphatic carbocycles. The molecule has 1 aromatic heterocycles. The van der Waals surface area contributed by atoms with Crippen molar-refractivity contribution in [2.24, 2.45) is 5.92 Å². The SMILES string of the molecule is Cc1ccc(N(Cc2ccc(-c3nnc(C(F)(F)F)o3)cc2)C(=O)CC2CCOCC2)c(F)c1. The van der Waals surface area contributed by atoms with Crippen molar-refractivity contribution >= 4 is 11.6 Å². The molecule has 2 aromatic carbocycles. The number of hydrogen-bond donors (Lipinski definition) is 0. The Labute approximate surface area is 193 Å². The molecule has 1 saturated heterocycles. The maximum Gasteiger partial charge on any atom is 0.470 e. The average molecular weight is 477 g/mol. The monoisotopic (exact) mass is 477 g/mol. The lowest BCUT2D eigenvalue weighted by Crippen LogP contribution is -2.33. The molecule has 1 aliphatic rings. The first-order valence-electron chi connectivity index (χ1n) is 10.8. The van der Waals surface area contributed by atoms with E-state index in [-0.39, 0.29) is 36.4 Å². The van der Waals surface area contributed by atoms with Crippen molar-refractivity contribution < 1.29 is 31.5 Å². The first-order chi connectivity index (χ1) is 16.2. The molecular weight excluding hydrogens is 454 g/mol. The minimum Gasteiger partial charge on any atom is -0.413 e. The van der Waals surface area contributed by atoms with Crippen LogP contribution in [0.5, 0.6) is 0 Å². The third-order valence-electron chi connectivity index (χ3n) is 5.71. The average Bonchev–Trinajstić information content (AvgIpc) is 3.30. The summed E-state index contributed by atoms with van der Waals surface area (Å²) in [6, 6.07) is 11.0. The van der Waals surface area contributed by atoms with Crippen molar-refractivity contribution in [3.63, 3.8) is 0 Å². The van der Waals surface area contributed by atoms with Crippen molar-refractivity contribution in [2.45, 2.75) is 38.9 Å². The van der Waals surface area contributed by atoms with Gasteiger partial charge >= 0.3 is 12.1 Å². The topological polar surface area (TPSA) is 68.5 Å². The Kier molecular flexibility index (Phi) is 6.97. The molecule has 0 N–H and O–H groups in total. The summed E-state index contributed by atoms with van der Waals surface area (Å²) in [6.45, 7) is 3.06. The van der Waals surface area contributed by atoms with Crippen LogP contribution in [0.25, 0.3) is 11.5 Å². The number of anilines is 1. The summed E-state index contributed by atoms with van der Waals surface area (Å²) < 4.78 is 63.0. The third-order valence-corrected chi connectivity index (χ3v) is 5.71. The molecule has 0 atom stereocenters. The number of aryl methyl sites for hydroxylation is 1. The van der Waals surface area contributed by atoms with Crippen LogP contribution in [0, 0.1) is 18.7 Å². The molecule has 6 nitrogen and oxygen atoms in total.